The van der Waals surface area contributed by atoms with E-state index in [1.165, 1.54) is 12.8 Å². The van der Waals surface area contributed by atoms with E-state index < -0.39 is 0 Å². The zero-order valence-corrected chi connectivity index (χ0v) is 16.1. The van der Waals surface area contributed by atoms with Crippen LogP contribution in [0.1, 0.15) is 61.7 Å². The number of nitrogens with zero attached hydrogens (tertiary/aromatic N) is 4. The minimum absolute atomic E-state index is 0.000967. The molecule has 2 saturated heterocycles. The first-order valence-electron chi connectivity index (χ1n) is 10.2. The lowest BCUT2D eigenvalue weighted by molar-refractivity contribution is -0.142. The molecular formula is C20H29N5O2. The molecule has 7 heteroatoms. The molecule has 0 radical (unpaired) electrons. The minimum atomic E-state index is 0.000967. The molecule has 1 aliphatic carbocycles. The van der Waals surface area contributed by atoms with Crippen LogP contribution in [0.15, 0.2) is 12.4 Å². The largest absolute Gasteiger partial charge is 0.357 e. The van der Waals surface area contributed by atoms with Crippen molar-refractivity contribution in [1.29, 1.82) is 0 Å². The van der Waals surface area contributed by atoms with E-state index in [1.54, 1.807) is 19.4 Å². The number of aromatic nitrogens is 2. The normalized spacial score (nSPS) is 26.6. The predicted octanol–water partition coefficient (Wildman–Crippen LogP) is 2.31. The van der Waals surface area contributed by atoms with Crippen LogP contribution in [-0.2, 0) is 4.79 Å². The molecule has 1 atom stereocenters. The molecule has 146 valence electrons. The average Bonchev–Trinajstić information content (AvgIpc) is 3.24. The number of likely N-dealkylation sites (tertiary alicyclic amines) is 2. The highest BCUT2D eigenvalue weighted by atomic mass is 16.2. The van der Waals surface area contributed by atoms with E-state index in [4.69, 9.17) is 0 Å². The van der Waals surface area contributed by atoms with Gasteiger partial charge in [0, 0.05) is 57.0 Å². The van der Waals surface area contributed by atoms with Crippen molar-refractivity contribution in [3.63, 3.8) is 0 Å². The Morgan fingerprint density at radius 2 is 1.89 bits per heavy atom. The highest BCUT2D eigenvalue weighted by Crippen LogP contribution is 2.41. The second-order valence-electron chi connectivity index (χ2n) is 8.34. The molecule has 0 bridgehead atoms. The van der Waals surface area contributed by atoms with Crippen molar-refractivity contribution in [2.45, 2.75) is 57.4 Å². The lowest BCUT2D eigenvalue weighted by atomic mass is 9.73. The van der Waals surface area contributed by atoms with E-state index in [2.05, 4.69) is 20.2 Å². The van der Waals surface area contributed by atoms with Gasteiger partial charge in [0.25, 0.3) is 5.91 Å². The Hall–Kier alpha value is -2.18. The van der Waals surface area contributed by atoms with Gasteiger partial charge >= 0.3 is 0 Å². The molecule has 27 heavy (non-hydrogen) atoms. The molecule has 1 N–H and O–H groups in total. The number of hydrogen-bond donors (Lipinski definition) is 1. The lowest BCUT2D eigenvalue weighted by Crippen LogP contribution is -2.56. The molecule has 1 saturated carbocycles. The summed E-state index contributed by atoms with van der Waals surface area (Å²) in [4.78, 5) is 37.9. The van der Waals surface area contributed by atoms with Crippen molar-refractivity contribution in [2.24, 2.45) is 5.41 Å². The zero-order valence-electron chi connectivity index (χ0n) is 16.1. The molecule has 0 unspecified atom stereocenters. The highest BCUT2D eigenvalue weighted by molar-refractivity contribution is 5.93. The first kappa shape index (κ1) is 18.2. The molecule has 1 spiro atoms. The standard InChI is InChI=1S/C20H29N5O2/c1-21-19-22-11-15(12-23-19)18(27)24-10-4-8-20(13-24)9-7-17(26)25(14-20)16-5-2-3-6-16/h11-12,16H,2-10,13-14H2,1H3,(H,21,22,23)/t20-/m1/s1. The Bertz CT molecular complexity index is 701. The second-order valence-corrected chi connectivity index (χ2v) is 8.34. The maximum Gasteiger partial charge on any atom is 0.257 e. The van der Waals surface area contributed by atoms with Crippen molar-refractivity contribution in [3.05, 3.63) is 18.0 Å². The third-order valence-electron chi connectivity index (χ3n) is 6.53. The first-order valence-corrected chi connectivity index (χ1v) is 10.2. The maximum atomic E-state index is 13.0. The van der Waals surface area contributed by atoms with E-state index in [1.807, 2.05) is 4.90 Å². The van der Waals surface area contributed by atoms with E-state index in [-0.39, 0.29) is 11.3 Å². The lowest BCUT2D eigenvalue weighted by Gasteiger charge is -2.49. The van der Waals surface area contributed by atoms with E-state index in [0.717, 1.165) is 51.7 Å². The van der Waals surface area contributed by atoms with E-state index in [9.17, 15) is 9.59 Å². The van der Waals surface area contributed by atoms with Gasteiger partial charge in [0.15, 0.2) is 0 Å². The van der Waals surface area contributed by atoms with E-state index >= 15 is 0 Å². The zero-order chi connectivity index (χ0) is 18.9. The summed E-state index contributed by atoms with van der Waals surface area (Å²) in [5, 5.41) is 2.87. The molecule has 1 aromatic heterocycles. The minimum Gasteiger partial charge on any atom is -0.357 e. The Morgan fingerprint density at radius 3 is 2.59 bits per heavy atom. The Labute approximate surface area is 160 Å². The number of amides is 2. The van der Waals surface area contributed by atoms with Gasteiger partial charge in [-0.25, -0.2) is 9.97 Å². The number of anilines is 1. The summed E-state index contributed by atoms with van der Waals surface area (Å²) in [7, 11) is 1.76. The number of hydrogen-bond acceptors (Lipinski definition) is 5. The van der Waals surface area contributed by atoms with Crippen LogP contribution in [-0.4, -0.2) is 64.3 Å². The number of nitrogens with one attached hydrogen (secondary N) is 1. The summed E-state index contributed by atoms with van der Waals surface area (Å²) in [6.07, 6.45) is 11.5. The molecule has 2 amide bonds. The quantitative estimate of drug-likeness (QED) is 0.882. The summed E-state index contributed by atoms with van der Waals surface area (Å²) in [6, 6.07) is 0.420. The van der Waals surface area contributed by atoms with Gasteiger partial charge in [-0.2, -0.15) is 0 Å². The summed E-state index contributed by atoms with van der Waals surface area (Å²) < 4.78 is 0. The van der Waals surface area contributed by atoms with Crippen LogP contribution in [0.4, 0.5) is 5.95 Å². The van der Waals surface area contributed by atoms with Gasteiger partial charge in [-0.1, -0.05) is 12.8 Å². The predicted molar refractivity (Wildman–Crippen MR) is 102 cm³/mol. The topological polar surface area (TPSA) is 78.4 Å². The smallest absolute Gasteiger partial charge is 0.257 e. The van der Waals surface area contributed by atoms with Crippen molar-refractivity contribution in [3.8, 4) is 0 Å². The van der Waals surface area contributed by atoms with Crippen molar-refractivity contribution in [1.82, 2.24) is 19.8 Å². The van der Waals surface area contributed by atoms with Crippen LogP contribution in [0.25, 0.3) is 0 Å². The van der Waals surface area contributed by atoms with Crippen LogP contribution in [0.2, 0.25) is 0 Å². The first-order chi connectivity index (χ1) is 13.1. The molecule has 1 aromatic rings. The van der Waals surface area contributed by atoms with Crippen LogP contribution in [0.3, 0.4) is 0 Å². The summed E-state index contributed by atoms with van der Waals surface area (Å²) in [6.45, 7) is 2.32. The fourth-order valence-electron chi connectivity index (χ4n) is 5.06. The van der Waals surface area contributed by atoms with Gasteiger partial charge in [0.1, 0.15) is 0 Å². The molecule has 0 aromatic carbocycles. The van der Waals surface area contributed by atoms with Crippen molar-refractivity contribution >= 4 is 17.8 Å². The Kier molecular flexibility index (Phi) is 5.02. The van der Waals surface area contributed by atoms with Crippen molar-refractivity contribution < 1.29 is 9.59 Å². The SMILES string of the molecule is CNc1ncc(C(=O)N2CCC[C@@]3(CCC(=O)N(C4CCCC4)C3)C2)cn1. The van der Waals surface area contributed by atoms with Gasteiger partial charge in [0.2, 0.25) is 11.9 Å². The highest BCUT2D eigenvalue weighted by Gasteiger charge is 2.44. The fourth-order valence-corrected chi connectivity index (χ4v) is 5.06. The van der Waals surface area contributed by atoms with Gasteiger partial charge in [0.05, 0.1) is 5.56 Å². The van der Waals surface area contributed by atoms with Crippen LogP contribution in [0.5, 0.6) is 0 Å². The molecule has 4 rings (SSSR count). The maximum absolute atomic E-state index is 13.0. The number of carbonyl (C=O) groups is 2. The fraction of sp³-hybridized carbons (Fsp3) is 0.700. The molecule has 3 fully saturated rings. The van der Waals surface area contributed by atoms with Crippen LogP contribution in [0, 0.1) is 5.41 Å². The number of piperidine rings is 2. The number of carbonyl (C=O) groups excluding carboxylic acids is 2. The molecule has 2 aliphatic heterocycles. The van der Waals surface area contributed by atoms with Gasteiger partial charge in [-0.05, 0) is 32.1 Å². The third-order valence-corrected chi connectivity index (χ3v) is 6.53. The van der Waals surface area contributed by atoms with Crippen molar-refractivity contribution in [2.75, 3.05) is 32.0 Å². The molecule has 3 aliphatic rings. The second kappa shape index (κ2) is 7.44. The van der Waals surface area contributed by atoms with Gasteiger partial charge < -0.3 is 15.1 Å². The average molecular weight is 371 g/mol. The molecular weight excluding hydrogens is 342 g/mol. The monoisotopic (exact) mass is 371 g/mol. The van der Waals surface area contributed by atoms with Crippen LogP contribution < -0.4 is 5.32 Å². The summed E-state index contributed by atoms with van der Waals surface area (Å²) >= 11 is 0. The van der Waals surface area contributed by atoms with Crippen LogP contribution >= 0.6 is 0 Å². The number of rotatable bonds is 3. The summed E-state index contributed by atoms with van der Waals surface area (Å²) in [5.41, 5.74) is 0.585. The third kappa shape index (κ3) is 3.64. The molecule has 3 heterocycles. The summed E-state index contributed by atoms with van der Waals surface area (Å²) in [5.74, 6) is 0.827. The molecule has 7 nitrogen and oxygen atoms in total. The van der Waals surface area contributed by atoms with E-state index in [0.29, 0.717) is 29.9 Å². The Balaban J connectivity index is 1.47. The van der Waals surface area contributed by atoms with Gasteiger partial charge in [-0.15, -0.1) is 0 Å². The Morgan fingerprint density at radius 1 is 1.15 bits per heavy atom. The van der Waals surface area contributed by atoms with Gasteiger partial charge in [-0.3, -0.25) is 9.59 Å².